The Morgan fingerprint density at radius 3 is 2.42 bits per heavy atom. The number of carbonyl (C=O) groups is 2. The standard InChI is InChI=1S/C21H20BrFN6O2/c1-14(30)16-4-7-19(18(23)12-16)27-8-10-28(11-9-27)20(31)13-29-25-21(24-26-29)15-2-5-17(22)6-3-15/h2-7,12H,8-11,13H2,1H3. The minimum atomic E-state index is -0.431. The Morgan fingerprint density at radius 1 is 1.06 bits per heavy atom. The number of rotatable bonds is 5. The van der Waals surface area contributed by atoms with Gasteiger partial charge in [-0.3, -0.25) is 9.59 Å². The molecule has 4 rings (SSSR count). The lowest BCUT2D eigenvalue weighted by atomic mass is 10.1. The van der Waals surface area contributed by atoms with Gasteiger partial charge in [0.1, 0.15) is 12.4 Å². The van der Waals surface area contributed by atoms with Gasteiger partial charge in [-0.1, -0.05) is 15.9 Å². The number of aromatic nitrogens is 4. The third-order valence-electron chi connectivity index (χ3n) is 5.16. The van der Waals surface area contributed by atoms with E-state index in [1.807, 2.05) is 29.2 Å². The Hall–Kier alpha value is -3.14. The van der Waals surface area contributed by atoms with Gasteiger partial charge in [0.25, 0.3) is 0 Å². The van der Waals surface area contributed by atoms with Crippen molar-refractivity contribution < 1.29 is 14.0 Å². The monoisotopic (exact) mass is 486 g/mol. The Balaban J connectivity index is 1.35. The fourth-order valence-corrected chi connectivity index (χ4v) is 3.69. The van der Waals surface area contributed by atoms with E-state index in [9.17, 15) is 14.0 Å². The van der Waals surface area contributed by atoms with Gasteiger partial charge in [-0.25, -0.2) is 4.39 Å². The molecule has 0 spiro atoms. The predicted molar refractivity (Wildman–Crippen MR) is 116 cm³/mol. The Labute approximate surface area is 186 Å². The predicted octanol–water partition coefficient (Wildman–Crippen LogP) is 2.79. The molecule has 0 atom stereocenters. The van der Waals surface area contributed by atoms with Crippen molar-refractivity contribution >= 4 is 33.3 Å². The lowest BCUT2D eigenvalue weighted by molar-refractivity contribution is -0.132. The zero-order valence-corrected chi connectivity index (χ0v) is 18.4. The van der Waals surface area contributed by atoms with E-state index in [2.05, 4.69) is 31.3 Å². The molecule has 0 aliphatic carbocycles. The maximum absolute atomic E-state index is 14.4. The summed E-state index contributed by atoms with van der Waals surface area (Å²) in [6, 6.07) is 12.0. The van der Waals surface area contributed by atoms with Crippen LogP contribution < -0.4 is 4.90 Å². The number of Topliss-reactive ketones (excluding diaryl/α,β-unsaturated/α-hetero) is 1. The third kappa shape index (κ3) is 4.79. The third-order valence-corrected chi connectivity index (χ3v) is 5.69. The number of hydrogen-bond donors (Lipinski definition) is 0. The van der Waals surface area contributed by atoms with Crippen molar-refractivity contribution in [2.75, 3.05) is 31.1 Å². The molecule has 0 saturated carbocycles. The van der Waals surface area contributed by atoms with Crippen LogP contribution in [0, 0.1) is 5.82 Å². The summed E-state index contributed by atoms with van der Waals surface area (Å²) in [6.45, 7) is 3.31. The van der Waals surface area contributed by atoms with Crippen LogP contribution in [-0.4, -0.2) is 63.0 Å². The zero-order valence-electron chi connectivity index (χ0n) is 16.8. The second-order valence-electron chi connectivity index (χ2n) is 7.24. The highest BCUT2D eigenvalue weighted by atomic mass is 79.9. The van der Waals surface area contributed by atoms with Crippen molar-refractivity contribution in [3.05, 3.63) is 58.3 Å². The highest BCUT2D eigenvalue weighted by Crippen LogP contribution is 2.22. The molecule has 2 aromatic carbocycles. The molecule has 2 heterocycles. The summed E-state index contributed by atoms with van der Waals surface area (Å²) in [5, 5.41) is 12.3. The number of ketones is 1. The number of nitrogens with zero attached hydrogens (tertiary/aromatic N) is 6. The molecule has 0 unspecified atom stereocenters. The fourth-order valence-electron chi connectivity index (χ4n) is 3.42. The normalized spacial score (nSPS) is 14.0. The number of halogens is 2. The van der Waals surface area contributed by atoms with Gasteiger partial charge in [-0.05, 0) is 54.6 Å². The molecule has 3 aromatic rings. The molecule has 1 fully saturated rings. The van der Waals surface area contributed by atoms with Crippen LogP contribution in [0.1, 0.15) is 17.3 Å². The SMILES string of the molecule is CC(=O)c1ccc(N2CCN(C(=O)Cn3nnc(-c4ccc(Br)cc4)n3)CC2)c(F)c1. The van der Waals surface area contributed by atoms with Crippen LogP contribution in [0.5, 0.6) is 0 Å². The lowest BCUT2D eigenvalue weighted by Gasteiger charge is -2.36. The Kier molecular flexibility index (Phi) is 6.08. The van der Waals surface area contributed by atoms with Crippen LogP contribution in [0.25, 0.3) is 11.4 Å². The minimum Gasteiger partial charge on any atom is -0.366 e. The molecule has 1 saturated heterocycles. The first-order valence-corrected chi connectivity index (χ1v) is 10.6. The van der Waals surface area contributed by atoms with E-state index in [0.29, 0.717) is 43.3 Å². The minimum absolute atomic E-state index is 0.00873. The maximum atomic E-state index is 14.4. The van der Waals surface area contributed by atoms with Crippen LogP contribution in [0.2, 0.25) is 0 Å². The highest BCUT2D eigenvalue weighted by Gasteiger charge is 2.24. The van der Waals surface area contributed by atoms with E-state index in [1.54, 1.807) is 17.0 Å². The topological polar surface area (TPSA) is 84.2 Å². The first-order chi connectivity index (χ1) is 14.9. The van der Waals surface area contributed by atoms with Crippen molar-refractivity contribution in [2.24, 2.45) is 0 Å². The second-order valence-corrected chi connectivity index (χ2v) is 8.16. The molecule has 0 radical (unpaired) electrons. The molecule has 0 bridgehead atoms. The molecule has 8 nitrogen and oxygen atoms in total. The summed E-state index contributed by atoms with van der Waals surface area (Å²) < 4.78 is 15.4. The summed E-state index contributed by atoms with van der Waals surface area (Å²) in [6.07, 6.45) is 0. The van der Waals surface area contributed by atoms with E-state index >= 15 is 0 Å². The Bertz CT molecular complexity index is 1110. The quantitative estimate of drug-likeness (QED) is 0.515. The maximum Gasteiger partial charge on any atom is 0.246 e. The van der Waals surface area contributed by atoms with E-state index in [0.717, 1.165) is 10.0 Å². The van der Waals surface area contributed by atoms with Crippen molar-refractivity contribution in [2.45, 2.75) is 13.5 Å². The first-order valence-electron chi connectivity index (χ1n) is 9.77. The summed E-state index contributed by atoms with van der Waals surface area (Å²) >= 11 is 3.38. The summed E-state index contributed by atoms with van der Waals surface area (Å²) in [5.41, 5.74) is 1.60. The molecule has 160 valence electrons. The van der Waals surface area contributed by atoms with E-state index in [4.69, 9.17) is 0 Å². The van der Waals surface area contributed by atoms with E-state index in [1.165, 1.54) is 17.8 Å². The molecule has 1 aliphatic heterocycles. The number of carbonyl (C=O) groups excluding carboxylic acids is 2. The highest BCUT2D eigenvalue weighted by molar-refractivity contribution is 9.10. The van der Waals surface area contributed by atoms with Crippen LogP contribution in [0.15, 0.2) is 46.9 Å². The molecule has 10 heteroatoms. The summed E-state index contributed by atoms with van der Waals surface area (Å²) in [4.78, 5) is 28.9. The molecule has 0 N–H and O–H groups in total. The molecule has 1 aliphatic rings. The van der Waals surface area contributed by atoms with Crippen molar-refractivity contribution in [3.63, 3.8) is 0 Å². The van der Waals surface area contributed by atoms with Crippen molar-refractivity contribution in [3.8, 4) is 11.4 Å². The van der Waals surface area contributed by atoms with Gasteiger partial charge in [0.15, 0.2) is 5.78 Å². The summed E-state index contributed by atoms with van der Waals surface area (Å²) in [7, 11) is 0. The van der Waals surface area contributed by atoms with Gasteiger partial charge in [-0.15, -0.1) is 10.2 Å². The molecular formula is C21H20BrFN6O2. The number of amides is 1. The number of hydrogen-bond acceptors (Lipinski definition) is 6. The van der Waals surface area contributed by atoms with Crippen LogP contribution in [0.4, 0.5) is 10.1 Å². The van der Waals surface area contributed by atoms with E-state index < -0.39 is 5.82 Å². The largest absolute Gasteiger partial charge is 0.366 e. The number of piperazine rings is 1. The molecule has 1 aromatic heterocycles. The van der Waals surface area contributed by atoms with Crippen LogP contribution in [-0.2, 0) is 11.3 Å². The van der Waals surface area contributed by atoms with E-state index in [-0.39, 0.29) is 18.2 Å². The van der Waals surface area contributed by atoms with Crippen LogP contribution >= 0.6 is 15.9 Å². The second kappa shape index (κ2) is 8.93. The number of benzene rings is 2. The number of tetrazole rings is 1. The van der Waals surface area contributed by atoms with Crippen LogP contribution in [0.3, 0.4) is 0 Å². The van der Waals surface area contributed by atoms with Gasteiger partial charge in [0, 0.05) is 41.8 Å². The summed E-state index contributed by atoms with van der Waals surface area (Å²) in [5.74, 6) is -0.271. The van der Waals surface area contributed by atoms with Gasteiger partial charge < -0.3 is 9.80 Å². The fraction of sp³-hybridized carbons (Fsp3) is 0.286. The zero-order chi connectivity index (χ0) is 22.0. The average Bonchev–Trinajstić information content (AvgIpc) is 3.22. The van der Waals surface area contributed by atoms with Crippen molar-refractivity contribution in [1.82, 2.24) is 25.1 Å². The lowest BCUT2D eigenvalue weighted by Crippen LogP contribution is -2.50. The van der Waals surface area contributed by atoms with Gasteiger partial charge in [-0.2, -0.15) is 4.80 Å². The van der Waals surface area contributed by atoms with Crippen molar-refractivity contribution in [1.29, 1.82) is 0 Å². The van der Waals surface area contributed by atoms with Gasteiger partial charge in [0.05, 0.1) is 5.69 Å². The Morgan fingerprint density at radius 2 is 1.77 bits per heavy atom. The first kappa shape index (κ1) is 21.1. The number of anilines is 1. The molecular weight excluding hydrogens is 467 g/mol. The average molecular weight is 487 g/mol. The molecule has 31 heavy (non-hydrogen) atoms. The van der Waals surface area contributed by atoms with Gasteiger partial charge >= 0.3 is 0 Å². The molecule has 1 amide bonds. The van der Waals surface area contributed by atoms with Gasteiger partial charge in [0.2, 0.25) is 11.7 Å². The smallest absolute Gasteiger partial charge is 0.246 e.